The van der Waals surface area contributed by atoms with Crippen molar-refractivity contribution in [2.24, 2.45) is 5.84 Å². The Morgan fingerprint density at radius 1 is 1.45 bits per heavy atom. The van der Waals surface area contributed by atoms with Gasteiger partial charge < -0.3 is 9.47 Å². The molecule has 0 aromatic heterocycles. The second-order valence-electron chi connectivity index (χ2n) is 3.91. The van der Waals surface area contributed by atoms with E-state index in [-0.39, 0.29) is 12.2 Å². The number of nitrogens with one attached hydrogen (secondary N) is 1. The van der Waals surface area contributed by atoms with Gasteiger partial charge in [-0.15, -0.1) is 0 Å². The number of carbonyl (C=O) groups is 2. The Kier molecular flexibility index (Phi) is 6.40. The molecule has 0 unspecified atom stereocenters. The summed E-state index contributed by atoms with van der Waals surface area (Å²) in [6.45, 7) is 1.70. The first-order chi connectivity index (χ1) is 10.5. The molecule has 0 atom stereocenters. The zero-order valence-corrected chi connectivity index (χ0v) is 12.2. The summed E-state index contributed by atoms with van der Waals surface area (Å²) in [6.07, 6.45) is 0.154. The van der Waals surface area contributed by atoms with Gasteiger partial charge in [0.15, 0.2) is 0 Å². The number of nitrogens with zero attached hydrogens (tertiary/aromatic N) is 2. The second-order valence-corrected chi connectivity index (χ2v) is 3.91. The molecule has 0 radical (unpaired) electrons. The summed E-state index contributed by atoms with van der Waals surface area (Å²) in [4.78, 5) is 22.9. The van der Waals surface area contributed by atoms with Gasteiger partial charge in [-0.25, -0.2) is 10.6 Å². The molecule has 0 bridgehead atoms. The summed E-state index contributed by atoms with van der Waals surface area (Å²) in [6, 6.07) is 8.45. The smallest absolute Gasteiger partial charge is 0.414 e. The lowest BCUT2D eigenvalue weighted by molar-refractivity contribution is -0.116. The van der Waals surface area contributed by atoms with Gasteiger partial charge >= 0.3 is 6.09 Å². The van der Waals surface area contributed by atoms with Crippen molar-refractivity contribution in [3.8, 4) is 11.8 Å². The molecule has 0 spiro atoms. The fraction of sp³-hybridized carbons (Fsp3) is 0.214. The lowest BCUT2D eigenvalue weighted by Gasteiger charge is -2.17. The Balaban J connectivity index is 2.94. The van der Waals surface area contributed by atoms with Gasteiger partial charge in [-0.3, -0.25) is 15.1 Å². The van der Waals surface area contributed by atoms with Crippen molar-refractivity contribution in [3.05, 3.63) is 36.0 Å². The molecule has 0 saturated heterocycles. The Bertz CT molecular complexity index is 622. The van der Waals surface area contributed by atoms with Crippen molar-refractivity contribution in [2.75, 3.05) is 18.7 Å². The molecule has 8 nitrogen and oxygen atoms in total. The van der Waals surface area contributed by atoms with Gasteiger partial charge in [0.1, 0.15) is 17.4 Å². The van der Waals surface area contributed by atoms with Gasteiger partial charge in [0.25, 0.3) is 5.91 Å². The molecule has 116 valence electrons. The first kappa shape index (κ1) is 17.0. The number of anilines is 1. The zero-order chi connectivity index (χ0) is 16.5. The predicted octanol–water partition coefficient (Wildman–Crippen LogP) is 1.06. The normalized spacial score (nSPS) is 10.4. The van der Waals surface area contributed by atoms with Crippen LogP contribution in [0.2, 0.25) is 0 Å². The van der Waals surface area contributed by atoms with Gasteiger partial charge in [-0.05, 0) is 19.1 Å². The first-order valence-electron chi connectivity index (χ1n) is 6.30. The average Bonchev–Trinajstić information content (AvgIpc) is 2.52. The van der Waals surface area contributed by atoms with Crippen LogP contribution in [0.3, 0.4) is 0 Å². The number of amides is 2. The summed E-state index contributed by atoms with van der Waals surface area (Å²) in [5, 5.41) is 12.0. The van der Waals surface area contributed by atoms with Crippen molar-refractivity contribution in [1.82, 2.24) is 5.32 Å². The molecule has 0 fully saturated rings. The molecular formula is C14H16N4O4. The highest BCUT2D eigenvalue weighted by Crippen LogP contribution is 2.26. The molecule has 0 aliphatic carbocycles. The summed E-state index contributed by atoms with van der Waals surface area (Å²) in [5.74, 6) is 5.36. The van der Waals surface area contributed by atoms with Crippen LogP contribution in [0.1, 0.15) is 6.92 Å². The summed E-state index contributed by atoms with van der Waals surface area (Å²) in [5.41, 5.74) is 0.0862. The minimum atomic E-state index is -0.936. The number of alkyl carbamates (subject to hydrolysis) is 1. The highest BCUT2D eigenvalue weighted by molar-refractivity contribution is 6.05. The van der Waals surface area contributed by atoms with E-state index in [1.165, 1.54) is 7.11 Å². The van der Waals surface area contributed by atoms with Crippen LogP contribution in [0, 0.1) is 11.3 Å². The van der Waals surface area contributed by atoms with Crippen molar-refractivity contribution in [3.63, 3.8) is 0 Å². The van der Waals surface area contributed by atoms with E-state index in [0.29, 0.717) is 11.4 Å². The maximum Gasteiger partial charge on any atom is 0.414 e. The topological polar surface area (TPSA) is 118 Å². The molecule has 3 N–H and O–H groups in total. The molecular weight excluding hydrogens is 288 g/mol. The number of hydrogen-bond donors (Lipinski definition) is 2. The number of nitriles is 1. The molecule has 2 amide bonds. The number of hydrogen-bond acceptors (Lipinski definition) is 7. The van der Waals surface area contributed by atoms with Crippen LogP contribution in [0.4, 0.5) is 10.5 Å². The monoisotopic (exact) mass is 304 g/mol. The van der Waals surface area contributed by atoms with E-state index in [9.17, 15) is 9.59 Å². The summed E-state index contributed by atoms with van der Waals surface area (Å²) < 4.78 is 9.69. The van der Waals surface area contributed by atoms with Crippen LogP contribution in [0.5, 0.6) is 5.75 Å². The third kappa shape index (κ3) is 4.50. The van der Waals surface area contributed by atoms with Gasteiger partial charge in [0, 0.05) is 6.20 Å². The first-order valence-corrected chi connectivity index (χ1v) is 6.30. The largest absolute Gasteiger partial charge is 0.495 e. The Labute approximate surface area is 127 Å². The molecule has 22 heavy (non-hydrogen) atoms. The van der Waals surface area contributed by atoms with Crippen LogP contribution in [0.25, 0.3) is 0 Å². The second kappa shape index (κ2) is 8.28. The molecule has 8 heteroatoms. The minimum absolute atomic E-state index is 0.106. The fourth-order valence-electron chi connectivity index (χ4n) is 1.52. The van der Waals surface area contributed by atoms with Crippen LogP contribution in [-0.2, 0) is 9.53 Å². The number of nitrogens with two attached hydrogens (primary N) is 1. The third-order valence-corrected chi connectivity index (χ3v) is 2.49. The summed E-state index contributed by atoms with van der Waals surface area (Å²) in [7, 11) is 1.47. The number of carbonyl (C=O) groups excluding carboxylic acids is 2. The number of rotatable bonds is 5. The molecule has 1 aromatic carbocycles. The number of hydrazine groups is 1. The lowest BCUT2D eigenvalue weighted by Crippen LogP contribution is -2.34. The van der Waals surface area contributed by atoms with Crippen LogP contribution >= 0.6 is 0 Å². The third-order valence-electron chi connectivity index (χ3n) is 2.49. The number of benzene rings is 1. The SMILES string of the molecule is CCOC(=O)NC(=O)/C(C#N)=C\N(N)c1ccccc1OC. The van der Waals surface area contributed by atoms with E-state index in [1.54, 1.807) is 37.3 Å². The molecule has 0 heterocycles. The van der Waals surface area contributed by atoms with Crippen molar-refractivity contribution >= 4 is 17.7 Å². The van der Waals surface area contributed by atoms with Crippen LogP contribution in [-0.4, -0.2) is 25.7 Å². The van der Waals surface area contributed by atoms with Crippen molar-refractivity contribution in [1.29, 1.82) is 5.26 Å². The van der Waals surface area contributed by atoms with E-state index in [0.717, 1.165) is 11.2 Å². The molecule has 0 aliphatic rings. The Hall–Kier alpha value is -3.05. The molecule has 0 saturated carbocycles. The zero-order valence-electron chi connectivity index (χ0n) is 12.2. The number of imide groups is 1. The van der Waals surface area contributed by atoms with Crippen molar-refractivity contribution in [2.45, 2.75) is 6.92 Å². The van der Waals surface area contributed by atoms with Crippen molar-refractivity contribution < 1.29 is 19.1 Å². The number of methoxy groups -OCH3 is 1. The van der Waals surface area contributed by atoms with Gasteiger partial charge in [-0.1, -0.05) is 12.1 Å². The fourth-order valence-corrected chi connectivity index (χ4v) is 1.52. The quantitative estimate of drug-likeness (QED) is 0.361. The highest BCUT2D eigenvalue weighted by Gasteiger charge is 2.15. The maximum atomic E-state index is 11.8. The summed E-state index contributed by atoms with van der Waals surface area (Å²) >= 11 is 0. The molecule has 1 aromatic rings. The Morgan fingerprint density at radius 2 is 2.14 bits per heavy atom. The minimum Gasteiger partial charge on any atom is -0.495 e. The molecule has 0 aliphatic heterocycles. The highest BCUT2D eigenvalue weighted by atomic mass is 16.5. The van der Waals surface area contributed by atoms with E-state index in [1.807, 2.05) is 5.32 Å². The predicted molar refractivity (Wildman–Crippen MR) is 78.5 cm³/mol. The van der Waals surface area contributed by atoms with Gasteiger partial charge in [0.05, 0.1) is 19.4 Å². The Morgan fingerprint density at radius 3 is 2.73 bits per heavy atom. The molecule has 1 rings (SSSR count). The van der Waals surface area contributed by atoms with Crippen LogP contribution < -0.4 is 20.9 Å². The lowest BCUT2D eigenvalue weighted by atomic mass is 10.2. The van der Waals surface area contributed by atoms with E-state index in [4.69, 9.17) is 15.8 Å². The number of ether oxygens (including phenoxy) is 2. The van der Waals surface area contributed by atoms with E-state index in [2.05, 4.69) is 4.74 Å². The van der Waals surface area contributed by atoms with Crippen LogP contribution in [0.15, 0.2) is 36.0 Å². The standard InChI is InChI=1S/C14H16N4O4/c1-3-22-14(20)17-13(19)10(8-15)9-18(16)11-6-4-5-7-12(11)21-2/h4-7,9H,3,16H2,1-2H3,(H,17,19,20)/b10-9-. The van der Waals surface area contributed by atoms with E-state index < -0.39 is 12.0 Å². The average molecular weight is 304 g/mol. The maximum absolute atomic E-state index is 11.8. The van der Waals surface area contributed by atoms with Gasteiger partial charge in [0.2, 0.25) is 0 Å². The van der Waals surface area contributed by atoms with Gasteiger partial charge in [-0.2, -0.15) is 5.26 Å². The number of para-hydroxylation sites is 2. The van der Waals surface area contributed by atoms with E-state index >= 15 is 0 Å².